The zero-order valence-corrected chi connectivity index (χ0v) is 12.4. The van der Waals surface area contributed by atoms with Crippen LogP contribution in [0.5, 0.6) is 0 Å². The fourth-order valence-corrected chi connectivity index (χ4v) is 3.63. The molecule has 0 bridgehead atoms. The van der Waals surface area contributed by atoms with Gasteiger partial charge in [-0.1, -0.05) is 24.6 Å². The number of benzene rings is 1. The number of amides is 1. The van der Waals surface area contributed by atoms with Crippen molar-refractivity contribution in [3.63, 3.8) is 0 Å². The van der Waals surface area contributed by atoms with Gasteiger partial charge in [-0.05, 0) is 30.7 Å². The van der Waals surface area contributed by atoms with Crippen molar-refractivity contribution in [3.8, 4) is 0 Å². The van der Waals surface area contributed by atoms with Crippen molar-refractivity contribution in [2.45, 2.75) is 44.0 Å². The Morgan fingerprint density at radius 1 is 1.37 bits per heavy atom. The molecule has 19 heavy (non-hydrogen) atoms. The summed E-state index contributed by atoms with van der Waals surface area (Å²) in [4.78, 5) is 11.2. The van der Waals surface area contributed by atoms with Gasteiger partial charge in [-0.2, -0.15) is 11.8 Å². The Bertz CT molecular complexity index is 436. The maximum absolute atomic E-state index is 11.2. The second-order valence-corrected chi connectivity index (χ2v) is 6.11. The van der Waals surface area contributed by atoms with E-state index in [4.69, 9.17) is 0 Å². The molecule has 2 atom stereocenters. The predicted molar refractivity (Wildman–Crippen MR) is 82.5 cm³/mol. The van der Waals surface area contributed by atoms with E-state index in [1.165, 1.54) is 19.3 Å². The van der Waals surface area contributed by atoms with Gasteiger partial charge >= 0.3 is 0 Å². The van der Waals surface area contributed by atoms with Crippen LogP contribution in [-0.4, -0.2) is 23.5 Å². The van der Waals surface area contributed by atoms with E-state index in [0.717, 1.165) is 23.0 Å². The normalized spacial score (nSPS) is 22.4. The summed E-state index contributed by atoms with van der Waals surface area (Å²) < 4.78 is 0. The third-order valence-electron chi connectivity index (χ3n) is 3.64. The van der Waals surface area contributed by atoms with Crippen LogP contribution in [0, 0.1) is 0 Å². The van der Waals surface area contributed by atoms with Crippen LogP contribution in [0.1, 0.15) is 31.7 Å². The van der Waals surface area contributed by atoms with Crippen LogP contribution < -0.4 is 10.6 Å². The van der Waals surface area contributed by atoms with Crippen molar-refractivity contribution in [3.05, 3.63) is 29.8 Å². The molecule has 0 saturated heterocycles. The average Bonchev–Trinajstić information content (AvgIpc) is 2.84. The van der Waals surface area contributed by atoms with Crippen molar-refractivity contribution < 1.29 is 4.79 Å². The van der Waals surface area contributed by atoms with Crippen molar-refractivity contribution in [2.75, 3.05) is 11.6 Å². The van der Waals surface area contributed by atoms with Gasteiger partial charge in [-0.3, -0.25) is 4.79 Å². The molecule has 2 unspecified atom stereocenters. The molecule has 2 N–H and O–H groups in total. The van der Waals surface area contributed by atoms with E-state index in [1.54, 1.807) is 6.92 Å². The maximum Gasteiger partial charge on any atom is 0.221 e. The minimum atomic E-state index is -0.0182. The Hall–Kier alpha value is -1.00. The highest BCUT2D eigenvalue weighted by atomic mass is 32.2. The summed E-state index contributed by atoms with van der Waals surface area (Å²) in [6.45, 7) is 2.36. The third kappa shape index (κ3) is 3.98. The van der Waals surface area contributed by atoms with Gasteiger partial charge in [-0.25, -0.2) is 0 Å². The number of carbonyl (C=O) groups excluding carboxylic acids is 1. The molecule has 3 nitrogen and oxygen atoms in total. The molecule has 0 heterocycles. The lowest BCUT2D eigenvalue weighted by Gasteiger charge is -2.20. The van der Waals surface area contributed by atoms with Gasteiger partial charge in [0.25, 0.3) is 0 Å². The molecular formula is C15H22N2OS. The van der Waals surface area contributed by atoms with Gasteiger partial charge < -0.3 is 10.6 Å². The first kappa shape index (κ1) is 14.4. The van der Waals surface area contributed by atoms with Crippen LogP contribution in [0.15, 0.2) is 24.3 Å². The molecule has 0 aromatic heterocycles. The number of thioether (sulfide) groups is 1. The Morgan fingerprint density at radius 3 is 2.89 bits per heavy atom. The van der Waals surface area contributed by atoms with Crippen LogP contribution in [0.3, 0.4) is 0 Å². The summed E-state index contributed by atoms with van der Waals surface area (Å²) in [5.41, 5.74) is 2.07. The summed E-state index contributed by atoms with van der Waals surface area (Å²) in [5.74, 6) is -0.0182. The van der Waals surface area contributed by atoms with Crippen molar-refractivity contribution in [1.29, 1.82) is 0 Å². The minimum Gasteiger partial charge on any atom is -0.326 e. The molecular weight excluding hydrogens is 256 g/mol. The topological polar surface area (TPSA) is 41.1 Å². The van der Waals surface area contributed by atoms with E-state index < -0.39 is 0 Å². The lowest BCUT2D eigenvalue weighted by atomic mass is 10.1. The van der Waals surface area contributed by atoms with Crippen molar-refractivity contribution >= 4 is 23.4 Å². The number of para-hydroxylation sites is 1. The van der Waals surface area contributed by atoms with Crippen LogP contribution in [0.2, 0.25) is 0 Å². The van der Waals surface area contributed by atoms with E-state index in [2.05, 4.69) is 23.0 Å². The molecule has 0 radical (unpaired) electrons. The van der Waals surface area contributed by atoms with E-state index in [9.17, 15) is 4.79 Å². The van der Waals surface area contributed by atoms with Crippen LogP contribution in [-0.2, 0) is 11.3 Å². The summed E-state index contributed by atoms with van der Waals surface area (Å²) >= 11 is 1.96. The van der Waals surface area contributed by atoms with E-state index in [-0.39, 0.29) is 5.91 Å². The number of rotatable bonds is 5. The number of anilines is 1. The SMILES string of the molecule is CSC1CCCC1NCc1ccccc1NC(C)=O. The molecule has 1 aromatic carbocycles. The first-order valence-corrected chi connectivity index (χ1v) is 8.11. The molecule has 1 amide bonds. The lowest BCUT2D eigenvalue weighted by molar-refractivity contribution is -0.114. The van der Waals surface area contributed by atoms with E-state index in [1.807, 2.05) is 30.0 Å². The number of nitrogens with one attached hydrogen (secondary N) is 2. The van der Waals surface area contributed by atoms with Gasteiger partial charge in [0.15, 0.2) is 0 Å². The Labute approximate surface area is 119 Å². The molecule has 1 fully saturated rings. The van der Waals surface area contributed by atoms with Gasteiger partial charge in [0, 0.05) is 30.4 Å². The second kappa shape index (κ2) is 6.96. The molecule has 104 valence electrons. The Balaban J connectivity index is 1.97. The van der Waals surface area contributed by atoms with Gasteiger partial charge in [-0.15, -0.1) is 0 Å². The molecule has 0 spiro atoms. The third-order valence-corrected chi connectivity index (χ3v) is 4.81. The molecule has 1 aromatic rings. The highest BCUT2D eigenvalue weighted by Crippen LogP contribution is 2.28. The summed E-state index contributed by atoms with van der Waals surface area (Å²) in [7, 11) is 0. The Kier molecular flexibility index (Phi) is 5.28. The fourth-order valence-electron chi connectivity index (χ4n) is 2.67. The largest absolute Gasteiger partial charge is 0.326 e. The van der Waals surface area contributed by atoms with Crippen LogP contribution in [0.4, 0.5) is 5.69 Å². The quantitative estimate of drug-likeness (QED) is 0.870. The first-order valence-electron chi connectivity index (χ1n) is 6.82. The molecule has 2 rings (SSSR count). The zero-order chi connectivity index (χ0) is 13.7. The molecule has 1 saturated carbocycles. The van der Waals surface area contributed by atoms with Crippen molar-refractivity contribution in [1.82, 2.24) is 5.32 Å². The van der Waals surface area contributed by atoms with Gasteiger partial charge in [0.05, 0.1) is 0 Å². The number of carbonyl (C=O) groups is 1. The summed E-state index contributed by atoms with van der Waals surface area (Å²) in [6, 6.07) is 8.60. The highest BCUT2D eigenvalue weighted by molar-refractivity contribution is 7.99. The second-order valence-electron chi connectivity index (χ2n) is 5.03. The van der Waals surface area contributed by atoms with Gasteiger partial charge in [0.2, 0.25) is 5.91 Å². The van der Waals surface area contributed by atoms with Gasteiger partial charge in [0.1, 0.15) is 0 Å². The Morgan fingerprint density at radius 2 is 2.16 bits per heavy atom. The smallest absolute Gasteiger partial charge is 0.221 e. The van der Waals surface area contributed by atoms with Crippen molar-refractivity contribution in [2.24, 2.45) is 0 Å². The first-order chi connectivity index (χ1) is 9.20. The van der Waals surface area contributed by atoms with E-state index >= 15 is 0 Å². The maximum atomic E-state index is 11.2. The fraction of sp³-hybridized carbons (Fsp3) is 0.533. The minimum absolute atomic E-state index is 0.0182. The predicted octanol–water partition coefficient (Wildman–Crippen LogP) is 3.02. The number of hydrogen-bond donors (Lipinski definition) is 2. The summed E-state index contributed by atoms with van der Waals surface area (Å²) in [5, 5.41) is 7.26. The lowest BCUT2D eigenvalue weighted by Crippen LogP contribution is -2.33. The monoisotopic (exact) mass is 278 g/mol. The standard InChI is InChI=1S/C15H22N2OS/c1-11(18)17-13-7-4-3-6-12(13)10-16-14-8-5-9-15(14)19-2/h3-4,6-7,14-16H,5,8-10H2,1-2H3,(H,17,18). The highest BCUT2D eigenvalue weighted by Gasteiger charge is 2.25. The zero-order valence-electron chi connectivity index (χ0n) is 11.6. The molecule has 0 aliphatic heterocycles. The van der Waals surface area contributed by atoms with Crippen LogP contribution >= 0.6 is 11.8 Å². The van der Waals surface area contributed by atoms with Crippen LogP contribution in [0.25, 0.3) is 0 Å². The average molecular weight is 278 g/mol. The summed E-state index contributed by atoms with van der Waals surface area (Å²) in [6.07, 6.45) is 6.08. The molecule has 1 aliphatic rings. The molecule has 4 heteroatoms. The number of hydrogen-bond acceptors (Lipinski definition) is 3. The van der Waals surface area contributed by atoms with E-state index in [0.29, 0.717) is 6.04 Å². The molecule has 1 aliphatic carbocycles.